The molecule has 1 aliphatic rings. The van der Waals surface area contributed by atoms with Crippen molar-refractivity contribution in [2.75, 3.05) is 13.2 Å². The molecule has 1 aliphatic heterocycles. The summed E-state index contributed by atoms with van der Waals surface area (Å²) in [6.45, 7) is 3.15. The minimum atomic E-state index is -0.450. The third-order valence-electron chi connectivity index (χ3n) is 1.46. The van der Waals surface area contributed by atoms with Crippen molar-refractivity contribution in [3.8, 4) is 0 Å². The van der Waals surface area contributed by atoms with Gasteiger partial charge in [0.25, 0.3) is 0 Å². The summed E-state index contributed by atoms with van der Waals surface area (Å²) in [4.78, 5) is 0. The molecule has 0 atom stereocenters. The van der Waals surface area contributed by atoms with Crippen LogP contribution in [0, 0.1) is 0 Å². The van der Waals surface area contributed by atoms with Crippen molar-refractivity contribution in [2.45, 2.75) is 32.8 Å². The summed E-state index contributed by atoms with van der Waals surface area (Å²) in [5, 5.41) is 9.28. The second-order valence-electron chi connectivity index (χ2n) is 2.47. The lowest BCUT2D eigenvalue weighted by Crippen LogP contribution is -2.49. The molecule has 0 spiro atoms. The average molecular weight is 132 g/mol. The van der Waals surface area contributed by atoms with Gasteiger partial charge in [0.1, 0.15) is 5.60 Å². The molecule has 1 fully saturated rings. The highest BCUT2D eigenvalue weighted by atomic mass is 16.5. The fourth-order valence-corrected chi connectivity index (χ4v) is 0.947. The van der Waals surface area contributed by atoms with Crippen molar-refractivity contribution in [2.24, 2.45) is 0 Å². The van der Waals surface area contributed by atoms with Crippen LogP contribution in [0.4, 0.5) is 0 Å². The predicted octanol–water partition coefficient (Wildman–Crippen LogP) is 1.18. The van der Waals surface area contributed by atoms with E-state index in [-0.39, 0.29) is 7.43 Å². The highest BCUT2D eigenvalue weighted by Crippen LogP contribution is 2.21. The SMILES string of the molecule is C.CCCC1(O)COC1. The van der Waals surface area contributed by atoms with Gasteiger partial charge in [0, 0.05) is 0 Å². The molecule has 0 radical (unpaired) electrons. The minimum Gasteiger partial charge on any atom is -0.385 e. The maximum atomic E-state index is 9.28. The first kappa shape index (κ1) is 8.92. The van der Waals surface area contributed by atoms with Crippen LogP contribution in [0.3, 0.4) is 0 Å². The smallest absolute Gasteiger partial charge is 0.111 e. The van der Waals surface area contributed by atoms with Crippen LogP contribution < -0.4 is 0 Å². The van der Waals surface area contributed by atoms with Crippen LogP contribution in [0.1, 0.15) is 27.2 Å². The molecular weight excluding hydrogens is 116 g/mol. The first-order valence-corrected chi connectivity index (χ1v) is 3.07. The maximum absolute atomic E-state index is 9.28. The van der Waals surface area contributed by atoms with Gasteiger partial charge < -0.3 is 9.84 Å². The van der Waals surface area contributed by atoms with E-state index in [2.05, 4.69) is 6.92 Å². The Kier molecular flexibility index (Phi) is 3.15. The first-order chi connectivity index (χ1) is 3.77. The van der Waals surface area contributed by atoms with Gasteiger partial charge in [0.15, 0.2) is 0 Å². The Morgan fingerprint density at radius 1 is 1.56 bits per heavy atom. The summed E-state index contributed by atoms with van der Waals surface area (Å²) >= 11 is 0. The van der Waals surface area contributed by atoms with Crippen molar-refractivity contribution >= 4 is 0 Å². The molecule has 1 heterocycles. The molecule has 1 saturated heterocycles. The van der Waals surface area contributed by atoms with Crippen molar-refractivity contribution < 1.29 is 9.84 Å². The van der Waals surface area contributed by atoms with E-state index in [1.54, 1.807) is 0 Å². The molecule has 0 aromatic heterocycles. The molecule has 9 heavy (non-hydrogen) atoms. The fraction of sp³-hybridized carbons (Fsp3) is 1.00. The Labute approximate surface area is 56.8 Å². The maximum Gasteiger partial charge on any atom is 0.111 e. The number of aliphatic hydroxyl groups is 1. The van der Waals surface area contributed by atoms with Crippen molar-refractivity contribution in [3.63, 3.8) is 0 Å². The van der Waals surface area contributed by atoms with E-state index in [0.29, 0.717) is 13.2 Å². The van der Waals surface area contributed by atoms with E-state index in [1.165, 1.54) is 0 Å². The number of hydrogen-bond acceptors (Lipinski definition) is 2. The van der Waals surface area contributed by atoms with E-state index in [0.717, 1.165) is 12.8 Å². The molecular formula is C7H16O2. The van der Waals surface area contributed by atoms with Gasteiger partial charge in [0.05, 0.1) is 13.2 Å². The Morgan fingerprint density at radius 3 is 2.22 bits per heavy atom. The Bertz CT molecular complexity index is 77.0. The van der Waals surface area contributed by atoms with Crippen LogP contribution in [0.15, 0.2) is 0 Å². The van der Waals surface area contributed by atoms with Crippen LogP contribution in [-0.2, 0) is 4.74 Å². The lowest BCUT2D eigenvalue weighted by molar-refractivity contribution is -0.181. The molecule has 2 nitrogen and oxygen atoms in total. The molecule has 0 unspecified atom stereocenters. The van der Waals surface area contributed by atoms with Gasteiger partial charge in [-0.3, -0.25) is 0 Å². The highest BCUT2D eigenvalue weighted by Gasteiger charge is 2.34. The van der Waals surface area contributed by atoms with Crippen LogP contribution in [0.25, 0.3) is 0 Å². The first-order valence-electron chi connectivity index (χ1n) is 3.07. The quantitative estimate of drug-likeness (QED) is 0.611. The lowest BCUT2D eigenvalue weighted by Gasteiger charge is -2.35. The molecule has 1 N–H and O–H groups in total. The summed E-state index contributed by atoms with van der Waals surface area (Å²) in [5.74, 6) is 0. The van der Waals surface area contributed by atoms with Crippen molar-refractivity contribution in [3.05, 3.63) is 0 Å². The Hall–Kier alpha value is -0.0800. The third kappa shape index (κ3) is 1.95. The molecule has 2 heteroatoms. The summed E-state index contributed by atoms with van der Waals surface area (Å²) < 4.78 is 4.84. The van der Waals surface area contributed by atoms with Gasteiger partial charge in [-0.1, -0.05) is 20.8 Å². The monoisotopic (exact) mass is 132 g/mol. The van der Waals surface area contributed by atoms with Gasteiger partial charge in [-0.05, 0) is 6.42 Å². The van der Waals surface area contributed by atoms with Crippen LogP contribution in [-0.4, -0.2) is 23.9 Å². The summed E-state index contributed by atoms with van der Waals surface area (Å²) in [6, 6.07) is 0. The molecule has 0 saturated carbocycles. The van der Waals surface area contributed by atoms with Gasteiger partial charge in [-0.25, -0.2) is 0 Å². The minimum absolute atomic E-state index is 0. The summed E-state index contributed by atoms with van der Waals surface area (Å²) in [6.07, 6.45) is 1.92. The zero-order valence-electron chi connectivity index (χ0n) is 5.18. The van der Waals surface area contributed by atoms with Gasteiger partial charge >= 0.3 is 0 Å². The summed E-state index contributed by atoms with van der Waals surface area (Å²) in [7, 11) is 0. The van der Waals surface area contributed by atoms with E-state index in [1.807, 2.05) is 0 Å². The molecule has 0 amide bonds. The Morgan fingerprint density at radius 2 is 2.11 bits per heavy atom. The second kappa shape index (κ2) is 3.18. The Balaban J connectivity index is 0.000000640. The third-order valence-corrected chi connectivity index (χ3v) is 1.46. The largest absolute Gasteiger partial charge is 0.385 e. The number of hydrogen-bond donors (Lipinski definition) is 1. The average Bonchev–Trinajstić information content (AvgIpc) is 1.64. The molecule has 0 aliphatic carbocycles. The van der Waals surface area contributed by atoms with Crippen LogP contribution >= 0.6 is 0 Å². The predicted molar refractivity (Wildman–Crippen MR) is 37.4 cm³/mol. The molecule has 56 valence electrons. The topological polar surface area (TPSA) is 29.5 Å². The van der Waals surface area contributed by atoms with E-state index in [9.17, 15) is 5.11 Å². The van der Waals surface area contributed by atoms with Gasteiger partial charge in [-0.2, -0.15) is 0 Å². The molecule has 0 bridgehead atoms. The number of rotatable bonds is 2. The number of ether oxygens (including phenoxy) is 1. The highest BCUT2D eigenvalue weighted by molar-refractivity contribution is 4.83. The standard InChI is InChI=1S/C6H12O2.CH4/c1-2-3-6(7)4-8-5-6;/h7H,2-5H2,1H3;1H4. The lowest BCUT2D eigenvalue weighted by atomic mass is 9.97. The van der Waals surface area contributed by atoms with E-state index < -0.39 is 5.60 Å². The zero-order chi connectivity index (χ0) is 6.04. The zero-order valence-corrected chi connectivity index (χ0v) is 5.18. The molecule has 0 aromatic rings. The molecule has 1 rings (SSSR count). The van der Waals surface area contributed by atoms with Crippen molar-refractivity contribution in [1.29, 1.82) is 0 Å². The van der Waals surface area contributed by atoms with Crippen LogP contribution in [0.5, 0.6) is 0 Å². The van der Waals surface area contributed by atoms with Gasteiger partial charge in [-0.15, -0.1) is 0 Å². The second-order valence-corrected chi connectivity index (χ2v) is 2.47. The van der Waals surface area contributed by atoms with Crippen LogP contribution in [0.2, 0.25) is 0 Å². The van der Waals surface area contributed by atoms with E-state index in [4.69, 9.17) is 4.74 Å². The normalized spacial score (nSPS) is 22.0. The summed E-state index contributed by atoms with van der Waals surface area (Å²) in [5.41, 5.74) is -0.450. The molecule has 0 aromatic carbocycles. The van der Waals surface area contributed by atoms with Gasteiger partial charge in [0.2, 0.25) is 0 Å². The fourth-order valence-electron chi connectivity index (χ4n) is 0.947. The van der Waals surface area contributed by atoms with Crippen molar-refractivity contribution in [1.82, 2.24) is 0 Å². The van der Waals surface area contributed by atoms with E-state index >= 15 is 0 Å².